The molecule has 9 heteroatoms. The first-order valence-electron chi connectivity index (χ1n) is 10.5. The van der Waals surface area contributed by atoms with E-state index in [9.17, 15) is 22.4 Å². The molecule has 3 aromatic rings. The Balaban J connectivity index is 1.88. The van der Waals surface area contributed by atoms with Crippen LogP contribution in [0.2, 0.25) is 0 Å². The number of carbonyl (C=O) groups excluding carboxylic acids is 2. The average Bonchev–Trinajstić information content (AvgIpc) is 2.80. The minimum atomic E-state index is -4.16. The molecule has 0 heterocycles. The van der Waals surface area contributed by atoms with Crippen molar-refractivity contribution in [3.63, 3.8) is 0 Å². The van der Waals surface area contributed by atoms with Gasteiger partial charge in [-0.25, -0.2) is 17.6 Å². The van der Waals surface area contributed by atoms with Crippen LogP contribution in [0, 0.1) is 19.7 Å². The molecule has 34 heavy (non-hydrogen) atoms. The molecule has 3 aromatic carbocycles. The first kappa shape index (κ1) is 24.9. The van der Waals surface area contributed by atoms with Crippen LogP contribution in [-0.2, 0) is 19.6 Å². The van der Waals surface area contributed by atoms with Gasteiger partial charge in [-0.3, -0.25) is 9.10 Å². The Bertz CT molecular complexity index is 1290. The average molecular weight is 485 g/mol. The van der Waals surface area contributed by atoms with Crippen molar-refractivity contribution in [2.24, 2.45) is 0 Å². The van der Waals surface area contributed by atoms with E-state index in [1.54, 1.807) is 50.2 Å². The van der Waals surface area contributed by atoms with Gasteiger partial charge >= 0.3 is 5.97 Å². The third-order valence-electron chi connectivity index (χ3n) is 5.02. The van der Waals surface area contributed by atoms with Crippen LogP contribution in [0.1, 0.15) is 28.4 Å². The predicted molar refractivity (Wildman–Crippen MR) is 128 cm³/mol. The third kappa shape index (κ3) is 5.79. The van der Waals surface area contributed by atoms with Gasteiger partial charge in [-0.2, -0.15) is 0 Å². The van der Waals surface area contributed by atoms with Gasteiger partial charge in [-0.05, 0) is 80.9 Å². The van der Waals surface area contributed by atoms with Crippen molar-refractivity contribution in [3.8, 4) is 0 Å². The summed E-state index contributed by atoms with van der Waals surface area (Å²) in [5.41, 5.74) is 2.60. The van der Waals surface area contributed by atoms with Crippen molar-refractivity contribution < 1.29 is 27.1 Å². The number of benzene rings is 3. The lowest BCUT2D eigenvalue weighted by atomic mass is 10.1. The molecular formula is C25H25FN2O5S. The molecule has 0 fully saturated rings. The van der Waals surface area contributed by atoms with E-state index in [4.69, 9.17) is 4.74 Å². The maximum Gasteiger partial charge on any atom is 0.338 e. The molecule has 0 atom stereocenters. The summed E-state index contributed by atoms with van der Waals surface area (Å²) in [4.78, 5) is 24.7. The minimum Gasteiger partial charge on any atom is -0.462 e. The standard InChI is InChI=1S/C25H25FN2O5S/c1-4-33-25(30)19-7-14-23(18(3)15-19)27-24(29)16-28(21-10-5-17(2)6-11-21)34(31,32)22-12-8-20(26)9-13-22/h5-15H,4,16H2,1-3H3,(H,27,29). The van der Waals surface area contributed by atoms with Crippen molar-refractivity contribution in [2.75, 3.05) is 22.8 Å². The number of ether oxygens (including phenoxy) is 1. The quantitative estimate of drug-likeness (QED) is 0.477. The molecule has 178 valence electrons. The van der Waals surface area contributed by atoms with Gasteiger partial charge in [0.05, 0.1) is 22.8 Å². The smallest absolute Gasteiger partial charge is 0.338 e. The Hall–Kier alpha value is -3.72. The van der Waals surface area contributed by atoms with Crippen LogP contribution in [0.25, 0.3) is 0 Å². The Kier molecular flexibility index (Phi) is 7.68. The molecule has 1 N–H and O–H groups in total. The number of esters is 1. The number of amides is 1. The van der Waals surface area contributed by atoms with Crippen molar-refractivity contribution in [1.29, 1.82) is 0 Å². The van der Waals surface area contributed by atoms with Crippen LogP contribution >= 0.6 is 0 Å². The lowest BCUT2D eigenvalue weighted by Gasteiger charge is -2.24. The van der Waals surface area contributed by atoms with E-state index in [1.807, 2.05) is 6.92 Å². The maximum absolute atomic E-state index is 13.4. The Labute approximate surface area is 198 Å². The summed E-state index contributed by atoms with van der Waals surface area (Å²) < 4.78 is 46.0. The van der Waals surface area contributed by atoms with E-state index in [-0.39, 0.29) is 11.5 Å². The number of halogens is 1. The molecule has 3 rings (SSSR count). The fourth-order valence-electron chi connectivity index (χ4n) is 3.23. The summed E-state index contributed by atoms with van der Waals surface area (Å²) in [5.74, 6) is -1.63. The van der Waals surface area contributed by atoms with Gasteiger partial charge in [0.25, 0.3) is 10.0 Å². The largest absolute Gasteiger partial charge is 0.462 e. The van der Waals surface area contributed by atoms with Gasteiger partial charge in [0.15, 0.2) is 0 Å². The highest BCUT2D eigenvalue weighted by molar-refractivity contribution is 7.92. The Morgan fingerprint density at radius 3 is 2.21 bits per heavy atom. The zero-order valence-corrected chi connectivity index (χ0v) is 19.9. The summed E-state index contributed by atoms with van der Waals surface area (Å²) in [6, 6.07) is 15.7. The number of aryl methyl sites for hydroxylation is 2. The van der Waals surface area contributed by atoms with E-state index in [0.29, 0.717) is 22.5 Å². The molecular weight excluding hydrogens is 459 g/mol. The van der Waals surface area contributed by atoms with Crippen molar-refractivity contribution >= 4 is 33.3 Å². The summed E-state index contributed by atoms with van der Waals surface area (Å²) >= 11 is 0. The second-order valence-corrected chi connectivity index (χ2v) is 9.46. The van der Waals surface area contributed by atoms with E-state index in [0.717, 1.165) is 34.1 Å². The Morgan fingerprint density at radius 1 is 0.971 bits per heavy atom. The molecule has 0 radical (unpaired) electrons. The number of nitrogens with one attached hydrogen (secondary N) is 1. The summed E-state index contributed by atoms with van der Waals surface area (Å²) in [6.45, 7) is 5.01. The van der Waals surface area contributed by atoms with Gasteiger partial charge in [0, 0.05) is 5.69 Å². The molecule has 0 spiro atoms. The maximum atomic E-state index is 13.4. The topological polar surface area (TPSA) is 92.8 Å². The summed E-state index contributed by atoms with van der Waals surface area (Å²) in [5, 5.41) is 2.70. The summed E-state index contributed by atoms with van der Waals surface area (Å²) in [7, 11) is -4.16. The number of sulfonamides is 1. The van der Waals surface area contributed by atoms with Crippen LogP contribution in [0.15, 0.2) is 71.6 Å². The normalized spacial score (nSPS) is 11.1. The Morgan fingerprint density at radius 2 is 1.62 bits per heavy atom. The van der Waals surface area contributed by atoms with Crippen molar-refractivity contribution in [2.45, 2.75) is 25.7 Å². The fourth-order valence-corrected chi connectivity index (χ4v) is 4.65. The zero-order chi connectivity index (χ0) is 24.9. The first-order valence-corrected chi connectivity index (χ1v) is 12.0. The van der Waals surface area contributed by atoms with Gasteiger partial charge in [-0.15, -0.1) is 0 Å². The molecule has 0 saturated heterocycles. The van der Waals surface area contributed by atoms with Crippen molar-refractivity contribution in [3.05, 3.63) is 89.2 Å². The number of rotatable bonds is 8. The van der Waals surface area contributed by atoms with E-state index in [1.165, 1.54) is 6.07 Å². The lowest BCUT2D eigenvalue weighted by Crippen LogP contribution is -2.38. The van der Waals surface area contributed by atoms with Gasteiger partial charge < -0.3 is 10.1 Å². The van der Waals surface area contributed by atoms with E-state index >= 15 is 0 Å². The first-order chi connectivity index (χ1) is 16.1. The molecule has 0 aliphatic rings. The van der Waals surface area contributed by atoms with Crippen molar-refractivity contribution in [1.82, 2.24) is 0 Å². The minimum absolute atomic E-state index is 0.141. The molecule has 0 aliphatic carbocycles. The lowest BCUT2D eigenvalue weighted by molar-refractivity contribution is -0.114. The van der Waals surface area contributed by atoms with Crippen LogP contribution in [0.4, 0.5) is 15.8 Å². The number of hydrogen-bond donors (Lipinski definition) is 1. The van der Waals surface area contributed by atoms with Crippen LogP contribution < -0.4 is 9.62 Å². The number of nitrogens with zero attached hydrogens (tertiary/aromatic N) is 1. The highest BCUT2D eigenvalue weighted by Gasteiger charge is 2.27. The molecule has 0 unspecified atom stereocenters. The summed E-state index contributed by atoms with van der Waals surface area (Å²) in [6.07, 6.45) is 0. The predicted octanol–water partition coefficient (Wildman–Crippen LogP) is 4.45. The van der Waals surface area contributed by atoms with Gasteiger partial charge in [0.2, 0.25) is 5.91 Å². The third-order valence-corrected chi connectivity index (χ3v) is 6.81. The molecule has 0 bridgehead atoms. The van der Waals surface area contributed by atoms with E-state index in [2.05, 4.69) is 5.32 Å². The SMILES string of the molecule is CCOC(=O)c1ccc(NC(=O)CN(c2ccc(C)cc2)S(=O)(=O)c2ccc(F)cc2)c(C)c1. The zero-order valence-electron chi connectivity index (χ0n) is 19.0. The molecule has 0 aromatic heterocycles. The highest BCUT2D eigenvalue weighted by Crippen LogP contribution is 2.25. The van der Waals surface area contributed by atoms with E-state index < -0.39 is 34.3 Å². The van der Waals surface area contributed by atoms with Crippen LogP contribution in [-0.4, -0.2) is 33.4 Å². The highest BCUT2D eigenvalue weighted by atomic mass is 32.2. The molecule has 7 nitrogen and oxygen atoms in total. The van der Waals surface area contributed by atoms with Crippen LogP contribution in [0.3, 0.4) is 0 Å². The van der Waals surface area contributed by atoms with Crippen LogP contribution in [0.5, 0.6) is 0 Å². The van der Waals surface area contributed by atoms with Gasteiger partial charge in [-0.1, -0.05) is 17.7 Å². The number of anilines is 2. The molecule has 0 aliphatic heterocycles. The number of hydrogen-bond acceptors (Lipinski definition) is 5. The van der Waals surface area contributed by atoms with Gasteiger partial charge in [0.1, 0.15) is 12.4 Å². The molecule has 0 saturated carbocycles. The second-order valence-electron chi connectivity index (χ2n) is 7.60. The monoisotopic (exact) mass is 484 g/mol. The fraction of sp³-hybridized carbons (Fsp3) is 0.200. The second kappa shape index (κ2) is 10.5. The number of carbonyl (C=O) groups is 2. The molecule has 1 amide bonds.